The molecule has 0 radical (unpaired) electrons. The third kappa shape index (κ3) is 3.38. The van der Waals surface area contributed by atoms with E-state index in [-0.39, 0.29) is 5.69 Å². The molecule has 0 bridgehead atoms. The Morgan fingerprint density at radius 3 is 2.08 bits per heavy atom. The Labute approximate surface area is 141 Å². The van der Waals surface area contributed by atoms with Crippen molar-refractivity contribution in [2.24, 2.45) is 0 Å². The van der Waals surface area contributed by atoms with Crippen molar-refractivity contribution in [2.45, 2.75) is 4.90 Å². The molecule has 4 nitrogen and oxygen atoms in total. The predicted molar refractivity (Wildman–Crippen MR) is 85.9 cm³/mol. The number of hydrogen-bond donors (Lipinski definition) is 1. The Bertz CT molecular complexity index is 794. The minimum atomic E-state index is -1.17. The highest BCUT2D eigenvalue weighted by Gasteiger charge is 2.28. The highest BCUT2D eigenvalue weighted by Crippen LogP contribution is 2.23. The van der Waals surface area contributed by atoms with Gasteiger partial charge in [0.15, 0.2) is 0 Å². The third-order valence-corrected chi connectivity index (χ3v) is 3.63. The number of rotatable bonds is 2. The lowest BCUT2D eigenvalue weighted by atomic mass is 10.1. The molecule has 0 atom stereocenters. The summed E-state index contributed by atoms with van der Waals surface area (Å²) in [7, 11) is 2.29. The van der Waals surface area contributed by atoms with Crippen molar-refractivity contribution in [3.8, 4) is 0 Å². The van der Waals surface area contributed by atoms with E-state index in [1.165, 1.54) is 19.2 Å². The molecule has 0 N–H and O–H groups in total. The average molecular weight is 354 g/mol. The first-order valence-corrected chi connectivity index (χ1v) is 7.17. The van der Waals surface area contributed by atoms with Gasteiger partial charge in [-0.15, -0.1) is 12.6 Å². The van der Waals surface area contributed by atoms with Crippen LogP contribution in [0.3, 0.4) is 0 Å². The Morgan fingerprint density at radius 2 is 1.54 bits per heavy atom. The smallest absolute Gasteiger partial charge is 0.294 e. The molecule has 0 aliphatic heterocycles. The van der Waals surface area contributed by atoms with E-state index in [0.29, 0.717) is 9.80 Å². The first kappa shape index (κ1) is 17.9. The number of amides is 3. The first-order valence-electron chi connectivity index (χ1n) is 6.72. The normalized spacial score (nSPS) is 10.4. The van der Waals surface area contributed by atoms with Crippen molar-refractivity contribution >= 4 is 30.3 Å². The highest BCUT2D eigenvalue weighted by molar-refractivity contribution is 7.80. The number of anilines is 1. The zero-order valence-electron chi connectivity index (χ0n) is 12.8. The third-order valence-electron chi connectivity index (χ3n) is 3.35. The number of nitrogens with zero attached hydrogens (tertiary/aromatic N) is 2. The summed E-state index contributed by atoms with van der Waals surface area (Å²) in [5.74, 6) is -4.08. The molecular formula is C16H13F3N2O2S. The highest BCUT2D eigenvalue weighted by atomic mass is 32.1. The summed E-state index contributed by atoms with van der Waals surface area (Å²) in [6.45, 7) is 0. The Balaban J connectivity index is 2.30. The number of carbonyl (C=O) groups excluding carboxylic acids is 2. The second-order valence-electron chi connectivity index (χ2n) is 4.94. The summed E-state index contributed by atoms with van der Waals surface area (Å²) in [6.07, 6.45) is 0. The summed E-state index contributed by atoms with van der Waals surface area (Å²) in [5, 5.41) is 0. The zero-order chi connectivity index (χ0) is 18.0. The molecule has 24 heavy (non-hydrogen) atoms. The molecule has 0 unspecified atom stereocenters. The van der Waals surface area contributed by atoms with Crippen LogP contribution in [0.5, 0.6) is 0 Å². The summed E-state index contributed by atoms with van der Waals surface area (Å²) in [4.78, 5) is 26.2. The summed E-state index contributed by atoms with van der Waals surface area (Å²) in [6, 6.07) is 5.83. The van der Waals surface area contributed by atoms with E-state index in [9.17, 15) is 22.8 Å². The fourth-order valence-electron chi connectivity index (χ4n) is 2.05. The molecule has 0 saturated carbocycles. The molecule has 0 aliphatic rings. The van der Waals surface area contributed by atoms with Crippen molar-refractivity contribution < 1.29 is 22.8 Å². The van der Waals surface area contributed by atoms with Gasteiger partial charge in [-0.25, -0.2) is 18.0 Å². The van der Waals surface area contributed by atoms with Crippen LogP contribution in [0.4, 0.5) is 23.7 Å². The molecule has 2 aromatic rings. The minimum Gasteiger partial charge on any atom is -0.294 e. The van der Waals surface area contributed by atoms with Crippen LogP contribution in [0.25, 0.3) is 0 Å². The van der Waals surface area contributed by atoms with Crippen LogP contribution in [-0.2, 0) is 0 Å². The van der Waals surface area contributed by atoms with Crippen molar-refractivity contribution in [1.29, 1.82) is 0 Å². The topological polar surface area (TPSA) is 40.6 Å². The molecule has 8 heteroatoms. The van der Waals surface area contributed by atoms with E-state index in [2.05, 4.69) is 12.6 Å². The van der Waals surface area contributed by atoms with Crippen LogP contribution in [0.15, 0.2) is 41.3 Å². The second kappa shape index (κ2) is 6.96. The van der Waals surface area contributed by atoms with E-state index in [1.54, 1.807) is 0 Å². The number of benzene rings is 2. The number of halogens is 3. The summed E-state index contributed by atoms with van der Waals surface area (Å²) < 4.78 is 41.3. The number of carbonyl (C=O) groups is 2. The van der Waals surface area contributed by atoms with Gasteiger partial charge < -0.3 is 0 Å². The van der Waals surface area contributed by atoms with Crippen molar-refractivity contribution in [2.75, 3.05) is 19.0 Å². The van der Waals surface area contributed by atoms with Crippen LogP contribution < -0.4 is 4.90 Å². The molecule has 0 aliphatic carbocycles. The van der Waals surface area contributed by atoms with Crippen LogP contribution >= 0.6 is 12.6 Å². The number of thiol groups is 1. The Kier molecular flexibility index (Phi) is 5.18. The van der Waals surface area contributed by atoms with E-state index < -0.39 is 35.0 Å². The monoisotopic (exact) mass is 354 g/mol. The van der Waals surface area contributed by atoms with Gasteiger partial charge in [0.05, 0.1) is 5.69 Å². The van der Waals surface area contributed by atoms with Crippen molar-refractivity contribution in [1.82, 2.24) is 4.90 Å². The lowest BCUT2D eigenvalue weighted by Crippen LogP contribution is -2.43. The summed E-state index contributed by atoms with van der Waals surface area (Å²) >= 11 is 3.97. The SMILES string of the molecule is CN(C(=O)c1c(F)cccc1F)C(=O)N(C)c1ccc(S)cc1F. The minimum absolute atomic E-state index is 0.105. The molecule has 126 valence electrons. The lowest BCUT2D eigenvalue weighted by Gasteiger charge is -2.24. The molecule has 0 heterocycles. The van der Waals surface area contributed by atoms with Gasteiger partial charge in [0.25, 0.3) is 5.91 Å². The van der Waals surface area contributed by atoms with Crippen LogP contribution in [0.1, 0.15) is 10.4 Å². The Morgan fingerprint density at radius 1 is 0.958 bits per heavy atom. The summed E-state index contributed by atoms with van der Waals surface area (Å²) in [5.41, 5.74) is -0.959. The quantitative estimate of drug-likeness (QED) is 0.835. The number of hydrogen-bond acceptors (Lipinski definition) is 3. The fourth-order valence-corrected chi connectivity index (χ4v) is 2.24. The van der Waals surface area contributed by atoms with Gasteiger partial charge in [-0.2, -0.15) is 0 Å². The molecular weight excluding hydrogens is 341 g/mol. The molecule has 2 rings (SSSR count). The lowest BCUT2D eigenvalue weighted by molar-refractivity contribution is 0.0827. The first-order chi connectivity index (χ1) is 11.2. The Hall–Kier alpha value is -2.48. The van der Waals surface area contributed by atoms with E-state index in [1.807, 2.05) is 0 Å². The number of imide groups is 1. The maximum atomic E-state index is 13.9. The molecule has 2 aromatic carbocycles. The largest absolute Gasteiger partial charge is 0.331 e. The van der Waals surface area contributed by atoms with Gasteiger partial charge in [-0.3, -0.25) is 14.6 Å². The average Bonchev–Trinajstić information content (AvgIpc) is 2.52. The van der Waals surface area contributed by atoms with Crippen molar-refractivity contribution in [3.05, 3.63) is 59.4 Å². The van der Waals surface area contributed by atoms with E-state index in [0.717, 1.165) is 36.2 Å². The maximum Gasteiger partial charge on any atom is 0.331 e. The van der Waals surface area contributed by atoms with Crippen LogP contribution in [0.2, 0.25) is 0 Å². The molecule has 0 spiro atoms. The fraction of sp³-hybridized carbons (Fsp3) is 0.125. The van der Waals surface area contributed by atoms with Gasteiger partial charge in [0.2, 0.25) is 0 Å². The van der Waals surface area contributed by atoms with Crippen LogP contribution in [0, 0.1) is 17.5 Å². The van der Waals surface area contributed by atoms with Gasteiger partial charge in [-0.1, -0.05) is 6.07 Å². The van der Waals surface area contributed by atoms with Crippen LogP contribution in [-0.4, -0.2) is 30.9 Å². The molecule has 3 amide bonds. The maximum absolute atomic E-state index is 13.9. The molecule has 0 saturated heterocycles. The van der Waals surface area contributed by atoms with Gasteiger partial charge in [-0.05, 0) is 30.3 Å². The van der Waals surface area contributed by atoms with Crippen molar-refractivity contribution in [3.63, 3.8) is 0 Å². The van der Waals surface area contributed by atoms with Gasteiger partial charge in [0.1, 0.15) is 23.0 Å². The number of urea groups is 1. The van der Waals surface area contributed by atoms with E-state index in [4.69, 9.17) is 0 Å². The van der Waals surface area contributed by atoms with E-state index >= 15 is 0 Å². The predicted octanol–water partition coefficient (Wildman–Crippen LogP) is 3.72. The van der Waals surface area contributed by atoms with Gasteiger partial charge in [0, 0.05) is 19.0 Å². The standard InChI is InChI=1S/C16H13F3N2O2S/c1-20(13-7-6-9(24)8-12(13)19)16(23)21(2)15(22)14-10(17)4-3-5-11(14)18/h3-8,24H,1-2H3. The molecule has 0 aromatic heterocycles. The zero-order valence-corrected chi connectivity index (χ0v) is 13.7. The molecule has 0 fully saturated rings. The second-order valence-corrected chi connectivity index (χ2v) is 5.45. The van der Waals surface area contributed by atoms with Gasteiger partial charge >= 0.3 is 6.03 Å².